The van der Waals surface area contributed by atoms with E-state index in [4.69, 9.17) is 0 Å². The van der Waals surface area contributed by atoms with Crippen molar-refractivity contribution in [1.29, 1.82) is 0 Å². The van der Waals surface area contributed by atoms with Gasteiger partial charge in [0.05, 0.1) is 5.56 Å². The molecular weight excluding hydrogens is 532 g/mol. The molecule has 4 amide bonds. The Morgan fingerprint density at radius 3 is 1.82 bits per heavy atom. The van der Waals surface area contributed by atoms with Crippen LogP contribution >= 0.6 is 0 Å². The lowest BCUT2D eigenvalue weighted by Gasteiger charge is -2.31. The molecule has 2 atom stereocenters. The molecule has 12 heteroatoms. The number of nitrogens with one attached hydrogen (secondary N) is 3. The van der Waals surface area contributed by atoms with Crippen LogP contribution < -0.4 is 16.1 Å². The van der Waals surface area contributed by atoms with Crippen LogP contribution in [0.25, 0.3) is 0 Å². The van der Waals surface area contributed by atoms with Crippen molar-refractivity contribution in [2.75, 3.05) is 7.05 Å². The van der Waals surface area contributed by atoms with Gasteiger partial charge < -0.3 is 10.6 Å². The van der Waals surface area contributed by atoms with E-state index in [0.29, 0.717) is 31.2 Å². The Morgan fingerprint density at radius 2 is 1.35 bits per heavy atom. The fraction of sp³-hybridized carbons (Fsp3) is 0.429. The summed E-state index contributed by atoms with van der Waals surface area (Å²) in [6.45, 7) is 2.41. The zero-order valence-corrected chi connectivity index (χ0v) is 22.6. The summed E-state index contributed by atoms with van der Waals surface area (Å²) < 4.78 is 51.5. The average Bonchev–Trinajstić information content (AvgIpc) is 2.89. The van der Waals surface area contributed by atoms with Gasteiger partial charge in [-0.2, -0.15) is 13.2 Å². The second kappa shape index (κ2) is 15.0. The van der Waals surface area contributed by atoms with Crippen LogP contribution in [0.5, 0.6) is 0 Å². The quantitative estimate of drug-likeness (QED) is 0.269. The number of alkyl halides is 3. The predicted molar refractivity (Wildman–Crippen MR) is 140 cm³/mol. The van der Waals surface area contributed by atoms with Gasteiger partial charge in [0.15, 0.2) is 0 Å². The smallest absolute Gasteiger partial charge is 0.357 e. The minimum atomic E-state index is -4.44. The largest absolute Gasteiger partial charge is 0.416 e. The van der Waals surface area contributed by atoms with E-state index in [1.807, 2.05) is 0 Å². The van der Waals surface area contributed by atoms with Crippen molar-refractivity contribution >= 4 is 23.6 Å². The maximum absolute atomic E-state index is 13.2. The minimum absolute atomic E-state index is 0.132. The molecule has 0 aromatic heterocycles. The number of nitrogens with zero attached hydrogens (tertiary/aromatic N) is 1. The topological polar surface area (TPSA) is 108 Å². The molecule has 2 unspecified atom stereocenters. The Balaban J connectivity index is 2.06. The van der Waals surface area contributed by atoms with Crippen molar-refractivity contribution in [3.05, 3.63) is 71.0 Å². The molecule has 3 N–H and O–H groups in total. The molecule has 0 aliphatic heterocycles. The lowest BCUT2D eigenvalue weighted by molar-refractivity contribution is -0.149. The van der Waals surface area contributed by atoms with Crippen molar-refractivity contribution in [2.45, 2.75) is 70.6 Å². The van der Waals surface area contributed by atoms with Crippen LogP contribution in [0.1, 0.15) is 56.2 Å². The summed E-state index contributed by atoms with van der Waals surface area (Å²) in [6, 6.07) is 8.47. The molecule has 0 aliphatic carbocycles. The van der Waals surface area contributed by atoms with E-state index in [9.17, 15) is 36.7 Å². The molecule has 0 saturated carbocycles. The molecule has 8 nitrogen and oxygen atoms in total. The summed E-state index contributed by atoms with van der Waals surface area (Å²) in [7, 11) is 1.40. The highest BCUT2D eigenvalue weighted by Crippen LogP contribution is 2.29. The molecule has 2 rings (SSSR count). The summed E-state index contributed by atoms with van der Waals surface area (Å²) in [6.07, 6.45) is -2.47. The lowest BCUT2D eigenvalue weighted by atomic mass is 10.0. The molecule has 0 bridgehead atoms. The molecule has 2 aromatic rings. The number of hydrazine groups is 1. The molecule has 40 heavy (non-hydrogen) atoms. The second-order valence-electron chi connectivity index (χ2n) is 9.35. The van der Waals surface area contributed by atoms with Crippen molar-refractivity contribution < 1.29 is 36.7 Å². The molecule has 218 valence electrons. The van der Waals surface area contributed by atoms with Gasteiger partial charge in [-0.1, -0.05) is 24.3 Å². The van der Waals surface area contributed by atoms with E-state index in [0.717, 1.165) is 22.7 Å². The third-order valence-corrected chi connectivity index (χ3v) is 6.22. The molecule has 0 fully saturated rings. The number of amides is 4. The predicted octanol–water partition coefficient (Wildman–Crippen LogP) is 3.69. The van der Waals surface area contributed by atoms with Gasteiger partial charge in [0.1, 0.15) is 17.9 Å². The van der Waals surface area contributed by atoms with Gasteiger partial charge in [-0.3, -0.25) is 24.6 Å². The molecular formula is C28H34F4N4O4. The van der Waals surface area contributed by atoms with Crippen molar-refractivity contribution in [3.8, 4) is 0 Å². The zero-order chi connectivity index (χ0) is 29.9. The van der Waals surface area contributed by atoms with Crippen LogP contribution in [0.15, 0.2) is 48.5 Å². The number of benzene rings is 2. The summed E-state index contributed by atoms with van der Waals surface area (Å²) in [5.41, 5.74) is 3.16. The van der Waals surface area contributed by atoms with Gasteiger partial charge in [-0.05, 0) is 73.9 Å². The first-order valence-corrected chi connectivity index (χ1v) is 12.8. The number of aryl methyl sites for hydroxylation is 2. The molecule has 0 heterocycles. The molecule has 2 aromatic carbocycles. The van der Waals surface area contributed by atoms with Gasteiger partial charge in [-0.15, -0.1) is 0 Å². The number of carbonyl (C=O) groups is 4. The van der Waals surface area contributed by atoms with Crippen molar-refractivity contribution in [1.82, 2.24) is 21.1 Å². The highest BCUT2D eigenvalue weighted by Gasteiger charge is 2.31. The van der Waals surface area contributed by atoms with Gasteiger partial charge in [0, 0.05) is 20.9 Å². The zero-order valence-electron chi connectivity index (χ0n) is 22.6. The van der Waals surface area contributed by atoms with Gasteiger partial charge in [-0.25, -0.2) is 9.40 Å². The third kappa shape index (κ3) is 10.3. The second-order valence-corrected chi connectivity index (χ2v) is 9.35. The Hall–Kier alpha value is -3.96. The Morgan fingerprint density at radius 1 is 0.825 bits per heavy atom. The maximum atomic E-state index is 13.2. The average molecular weight is 567 g/mol. The summed E-state index contributed by atoms with van der Waals surface area (Å²) in [4.78, 5) is 50.0. The Bertz CT molecular complexity index is 1150. The van der Waals surface area contributed by atoms with Crippen LogP contribution in [0, 0.1) is 5.82 Å². The first-order chi connectivity index (χ1) is 18.8. The van der Waals surface area contributed by atoms with Crippen LogP contribution in [0.3, 0.4) is 0 Å². The summed E-state index contributed by atoms with van der Waals surface area (Å²) >= 11 is 0. The normalized spacial score (nSPS) is 12.7. The monoisotopic (exact) mass is 566 g/mol. The minimum Gasteiger partial charge on any atom is -0.357 e. The highest BCUT2D eigenvalue weighted by molar-refractivity contribution is 5.91. The van der Waals surface area contributed by atoms with Gasteiger partial charge in [0.2, 0.25) is 17.7 Å². The standard InChI is InChI=1S/C28H34F4N4O4/c1-18(37)34-24(8-4-6-20-10-14-22(15-11-20)28(30,31)32)26(39)35-36(19(2)38)25(27(40)33-3)9-5-7-21-12-16-23(29)17-13-21/h10-17,24-25H,4-9H2,1-3H3,(H,33,40)(H,34,37)(H,35,39). The molecule has 0 spiro atoms. The summed E-state index contributed by atoms with van der Waals surface area (Å²) in [5, 5.41) is 5.93. The first-order valence-electron chi connectivity index (χ1n) is 12.8. The van der Waals surface area contributed by atoms with Crippen LogP contribution in [0.2, 0.25) is 0 Å². The Kier molecular flexibility index (Phi) is 12.1. The van der Waals surface area contributed by atoms with E-state index in [1.165, 1.54) is 45.2 Å². The van der Waals surface area contributed by atoms with Gasteiger partial charge in [0.25, 0.3) is 5.91 Å². The molecule has 0 aliphatic rings. The number of carbonyl (C=O) groups excluding carboxylic acids is 4. The van der Waals surface area contributed by atoms with Crippen molar-refractivity contribution in [3.63, 3.8) is 0 Å². The van der Waals surface area contributed by atoms with Crippen LogP contribution in [-0.4, -0.2) is 47.8 Å². The molecule has 0 saturated heterocycles. The number of rotatable bonds is 12. The number of hydrogen-bond acceptors (Lipinski definition) is 4. The fourth-order valence-electron chi connectivity index (χ4n) is 4.15. The Labute approximate surface area is 230 Å². The number of halogens is 4. The van der Waals surface area contributed by atoms with Crippen molar-refractivity contribution in [2.24, 2.45) is 0 Å². The van der Waals surface area contributed by atoms with E-state index in [1.54, 1.807) is 12.1 Å². The first kappa shape index (κ1) is 32.3. The van der Waals surface area contributed by atoms with E-state index in [-0.39, 0.29) is 18.7 Å². The van der Waals surface area contributed by atoms with Crippen LogP contribution in [-0.2, 0) is 38.2 Å². The number of hydrogen-bond donors (Lipinski definition) is 3. The van der Waals surface area contributed by atoms with Crippen LogP contribution in [0.4, 0.5) is 17.6 Å². The SMILES string of the molecule is CNC(=O)C(CCCc1ccc(F)cc1)N(NC(=O)C(CCCc1ccc(C(F)(F)F)cc1)NC(C)=O)C(C)=O. The van der Waals surface area contributed by atoms with E-state index >= 15 is 0 Å². The highest BCUT2D eigenvalue weighted by atomic mass is 19.4. The summed E-state index contributed by atoms with van der Waals surface area (Å²) in [5.74, 6) is -2.69. The fourth-order valence-corrected chi connectivity index (χ4v) is 4.15. The molecule has 0 radical (unpaired) electrons. The van der Waals surface area contributed by atoms with Gasteiger partial charge >= 0.3 is 6.18 Å². The van der Waals surface area contributed by atoms with E-state index < -0.39 is 47.5 Å². The van der Waals surface area contributed by atoms with E-state index in [2.05, 4.69) is 16.1 Å². The third-order valence-electron chi connectivity index (χ3n) is 6.22. The maximum Gasteiger partial charge on any atom is 0.416 e. The number of likely N-dealkylation sites (N-methyl/N-ethyl adjacent to an activating group) is 1. The lowest BCUT2D eigenvalue weighted by Crippen LogP contribution is -2.59.